The largest absolute Gasteiger partial charge is 0.361 e. The lowest BCUT2D eigenvalue weighted by atomic mass is 10.2. The van der Waals surface area contributed by atoms with Crippen LogP contribution in [0.3, 0.4) is 0 Å². The van der Waals surface area contributed by atoms with Crippen molar-refractivity contribution in [2.45, 2.75) is 6.92 Å². The van der Waals surface area contributed by atoms with Crippen LogP contribution in [-0.2, 0) is 0 Å². The smallest absolute Gasteiger partial charge is 0.275 e. The van der Waals surface area contributed by atoms with Crippen LogP contribution in [0.5, 0.6) is 0 Å². The highest BCUT2D eigenvalue weighted by molar-refractivity contribution is 7.25. The molecular weight excluding hydrogens is 346 g/mol. The van der Waals surface area contributed by atoms with Crippen molar-refractivity contribution in [3.63, 3.8) is 0 Å². The van der Waals surface area contributed by atoms with E-state index in [2.05, 4.69) is 16.0 Å². The molecule has 0 aliphatic rings. The summed E-state index contributed by atoms with van der Waals surface area (Å²) in [5, 5.41) is 9.80. The predicted molar refractivity (Wildman–Crippen MR) is 104 cm³/mol. The first-order valence-corrected chi connectivity index (χ1v) is 8.86. The zero-order valence-electron chi connectivity index (χ0n) is 14.3. The van der Waals surface area contributed by atoms with Crippen LogP contribution in [0.1, 0.15) is 5.56 Å². The molecule has 3 aromatic heterocycles. The van der Waals surface area contributed by atoms with E-state index in [0.29, 0.717) is 10.2 Å². The molecule has 0 aliphatic carbocycles. The number of benzene rings is 1. The Morgan fingerprint density at radius 2 is 2.00 bits per heavy atom. The van der Waals surface area contributed by atoms with Crippen molar-refractivity contribution in [3.8, 4) is 11.8 Å². The van der Waals surface area contributed by atoms with Gasteiger partial charge in [0.05, 0.1) is 22.8 Å². The van der Waals surface area contributed by atoms with Gasteiger partial charge in [-0.15, -0.1) is 11.3 Å². The molecule has 4 aromatic rings. The highest BCUT2D eigenvalue weighted by Gasteiger charge is 2.17. The Kier molecular flexibility index (Phi) is 3.90. The Bertz CT molecular complexity index is 1220. The van der Waals surface area contributed by atoms with Crippen LogP contribution in [0, 0.1) is 18.3 Å². The van der Waals surface area contributed by atoms with Crippen molar-refractivity contribution in [2.24, 2.45) is 0 Å². The molecule has 0 spiro atoms. The molecule has 3 heterocycles. The minimum absolute atomic E-state index is 0.115. The van der Waals surface area contributed by atoms with Gasteiger partial charge in [0.25, 0.3) is 5.56 Å². The number of hydrogen-bond acceptors (Lipinski definition) is 6. The van der Waals surface area contributed by atoms with E-state index in [4.69, 9.17) is 5.26 Å². The Morgan fingerprint density at radius 1 is 1.23 bits per heavy atom. The third-order valence-corrected chi connectivity index (χ3v) is 5.37. The van der Waals surface area contributed by atoms with Gasteiger partial charge in [-0.3, -0.25) is 9.36 Å². The summed E-state index contributed by atoms with van der Waals surface area (Å²) in [6, 6.07) is 11.7. The van der Waals surface area contributed by atoms with E-state index >= 15 is 0 Å². The van der Waals surface area contributed by atoms with Crippen molar-refractivity contribution >= 4 is 37.5 Å². The summed E-state index contributed by atoms with van der Waals surface area (Å²) >= 11 is 1.33. The molecule has 7 heteroatoms. The first kappa shape index (κ1) is 16.2. The van der Waals surface area contributed by atoms with Crippen LogP contribution in [-0.4, -0.2) is 28.1 Å². The molecule has 0 aliphatic heterocycles. The highest BCUT2D eigenvalue weighted by Crippen LogP contribution is 2.35. The van der Waals surface area contributed by atoms with Gasteiger partial charge in [0.15, 0.2) is 0 Å². The molecule has 0 fully saturated rings. The minimum atomic E-state index is -0.115. The third kappa shape index (κ3) is 2.52. The zero-order chi connectivity index (χ0) is 18.3. The number of aryl methyl sites for hydroxylation is 1. The van der Waals surface area contributed by atoms with E-state index in [1.165, 1.54) is 11.3 Å². The minimum Gasteiger partial charge on any atom is -0.361 e. The average molecular weight is 361 g/mol. The number of pyridine rings is 1. The summed E-state index contributed by atoms with van der Waals surface area (Å²) in [6.45, 7) is 2.25. The van der Waals surface area contributed by atoms with E-state index in [-0.39, 0.29) is 12.1 Å². The molecule has 0 bridgehead atoms. The lowest BCUT2D eigenvalue weighted by Gasteiger charge is -2.16. The predicted octanol–water partition coefficient (Wildman–Crippen LogP) is 3.26. The first-order chi connectivity index (χ1) is 12.6. The van der Waals surface area contributed by atoms with Crippen molar-refractivity contribution in [2.75, 3.05) is 18.5 Å². The standard InChI is InChI=1S/C19H15N5OS/c1-12-3-5-13(6-4-12)24-11-22-16-15-14(23(2)10-8-20)7-9-21-18(15)26-17(16)19(24)25/h3-7,9,11H,10H2,1-2H3. The van der Waals surface area contributed by atoms with Crippen molar-refractivity contribution in [1.82, 2.24) is 14.5 Å². The Hall–Kier alpha value is -3.24. The molecule has 6 nitrogen and oxygen atoms in total. The SMILES string of the molecule is Cc1ccc(-n2cnc3c(sc4nccc(N(C)CC#N)c43)c2=O)cc1. The Morgan fingerprint density at radius 3 is 2.73 bits per heavy atom. The summed E-state index contributed by atoms with van der Waals surface area (Å²) in [5.74, 6) is 0. The summed E-state index contributed by atoms with van der Waals surface area (Å²) < 4.78 is 2.11. The maximum atomic E-state index is 13.0. The monoisotopic (exact) mass is 361 g/mol. The van der Waals surface area contributed by atoms with Crippen molar-refractivity contribution in [3.05, 3.63) is 58.8 Å². The summed E-state index contributed by atoms with van der Waals surface area (Å²) in [6.07, 6.45) is 3.25. The zero-order valence-corrected chi connectivity index (χ0v) is 15.1. The van der Waals surface area contributed by atoms with Gasteiger partial charge in [-0.05, 0) is 25.1 Å². The van der Waals surface area contributed by atoms with Gasteiger partial charge in [-0.1, -0.05) is 17.7 Å². The fourth-order valence-corrected chi connectivity index (χ4v) is 3.98. The molecule has 0 saturated heterocycles. The fraction of sp³-hybridized carbons (Fsp3) is 0.158. The maximum Gasteiger partial charge on any atom is 0.275 e. The summed E-state index contributed by atoms with van der Waals surface area (Å²) in [7, 11) is 1.84. The van der Waals surface area contributed by atoms with Crippen LogP contribution >= 0.6 is 11.3 Å². The number of thiophene rings is 1. The molecular formula is C19H15N5OS. The number of nitriles is 1. The maximum absolute atomic E-state index is 13.0. The van der Waals surface area contributed by atoms with Gasteiger partial charge in [-0.2, -0.15) is 5.26 Å². The fourth-order valence-electron chi connectivity index (χ4n) is 2.94. The number of hydrogen-bond donors (Lipinski definition) is 0. The average Bonchev–Trinajstić information content (AvgIpc) is 3.03. The van der Waals surface area contributed by atoms with Gasteiger partial charge < -0.3 is 4.90 Å². The summed E-state index contributed by atoms with van der Waals surface area (Å²) in [5.41, 5.74) is 3.28. The van der Waals surface area contributed by atoms with Crippen LogP contribution in [0.25, 0.3) is 26.1 Å². The van der Waals surface area contributed by atoms with Crippen molar-refractivity contribution in [1.29, 1.82) is 5.26 Å². The lowest BCUT2D eigenvalue weighted by Crippen LogP contribution is -2.18. The molecule has 0 radical (unpaired) electrons. The van der Waals surface area contributed by atoms with Gasteiger partial charge in [0.2, 0.25) is 0 Å². The van der Waals surface area contributed by atoms with E-state index in [1.54, 1.807) is 17.1 Å². The highest BCUT2D eigenvalue weighted by atomic mass is 32.1. The molecule has 0 unspecified atom stereocenters. The number of aromatic nitrogens is 3. The quantitative estimate of drug-likeness (QED) is 0.524. The normalized spacial score (nSPS) is 11.0. The second-order valence-electron chi connectivity index (χ2n) is 6.06. The van der Waals surface area contributed by atoms with Crippen LogP contribution < -0.4 is 10.5 Å². The van der Waals surface area contributed by atoms with Gasteiger partial charge in [0, 0.05) is 13.2 Å². The number of rotatable bonds is 3. The first-order valence-electron chi connectivity index (χ1n) is 8.04. The van der Waals surface area contributed by atoms with Crippen LogP contribution in [0.15, 0.2) is 47.7 Å². The van der Waals surface area contributed by atoms with E-state index in [1.807, 2.05) is 49.2 Å². The molecule has 0 N–H and O–H groups in total. The number of fused-ring (bicyclic) bond motifs is 3. The number of nitrogens with zero attached hydrogens (tertiary/aromatic N) is 5. The summed E-state index contributed by atoms with van der Waals surface area (Å²) in [4.78, 5) is 24.6. The van der Waals surface area contributed by atoms with E-state index < -0.39 is 0 Å². The van der Waals surface area contributed by atoms with Crippen LogP contribution in [0.4, 0.5) is 5.69 Å². The Balaban J connectivity index is 1.98. The van der Waals surface area contributed by atoms with Crippen molar-refractivity contribution < 1.29 is 0 Å². The van der Waals surface area contributed by atoms with Gasteiger partial charge in [-0.25, -0.2) is 9.97 Å². The van der Waals surface area contributed by atoms with E-state index in [9.17, 15) is 4.79 Å². The molecule has 0 amide bonds. The van der Waals surface area contributed by atoms with E-state index in [0.717, 1.165) is 27.2 Å². The second kappa shape index (κ2) is 6.24. The molecule has 26 heavy (non-hydrogen) atoms. The molecule has 1 aromatic carbocycles. The molecule has 128 valence electrons. The van der Waals surface area contributed by atoms with Crippen LogP contribution in [0.2, 0.25) is 0 Å². The molecule has 0 saturated carbocycles. The number of anilines is 1. The second-order valence-corrected chi connectivity index (χ2v) is 7.06. The third-order valence-electron chi connectivity index (χ3n) is 4.29. The molecule has 4 rings (SSSR count). The van der Waals surface area contributed by atoms with Gasteiger partial charge in [0.1, 0.15) is 27.9 Å². The topological polar surface area (TPSA) is 74.8 Å². The lowest BCUT2D eigenvalue weighted by molar-refractivity contribution is 0.966. The Labute approximate surface area is 153 Å². The van der Waals surface area contributed by atoms with Gasteiger partial charge >= 0.3 is 0 Å². The molecule has 0 atom stereocenters.